The molecule has 1 fully saturated rings. The number of ether oxygens (including phenoxy) is 1. The first kappa shape index (κ1) is 27.4. The minimum Gasteiger partial charge on any atom is -0.478 e. The van der Waals surface area contributed by atoms with E-state index in [0.717, 1.165) is 0 Å². The first-order valence-corrected chi connectivity index (χ1v) is 10.8. The summed E-state index contributed by atoms with van der Waals surface area (Å²) in [5.41, 5.74) is 1.01. The lowest BCUT2D eigenvalue weighted by Gasteiger charge is -2.07. The second-order valence-corrected chi connectivity index (χ2v) is 6.89. The maximum absolute atomic E-state index is 11.6. The summed E-state index contributed by atoms with van der Waals surface area (Å²) in [6.45, 7) is 10.1. The molecule has 1 aliphatic rings. The number of hydrogen-bond acceptors (Lipinski definition) is 4. The summed E-state index contributed by atoms with van der Waals surface area (Å²) in [4.78, 5) is 33.3. The second-order valence-electron chi connectivity index (χ2n) is 6.89. The average molecular weight is 421 g/mol. The molecule has 2 N–H and O–H groups in total. The molecule has 0 bridgehead atoms. The van der Waals surface area contributed by atoms with Crippen molar-refractivity contribution in [1.29, 1.82) is 0 Å². The molecule has 1 aromatic rings. The van der Waals surface area contributed by atoms with Crippen LogP contribution in [0.5, 0.6) is 0 Å². The number of carboxylic acid groups (broad SMARTS) is 2. The summed E-state index contributed by atoms with van der Waals surface area (Å²) in [6, 6.07) is 5.91. The van der Waals surface area contributed by atoms with Gasteiger partial charge in [0, 0.05) is 11.5 Å². The van der Waals surface area contributed by atoms with Crippen molar-refractivity contribution < 1.29 is 29.3 Å². The van der Waals surface area contributed by atoms with E-state index in [1.807, 2.05) is 13.8 Å². The Kier molecular flexibility index (Phi) is 13.9. The zero-order valence-corrected chi connectivity index (χ0v) is 18.8. The van der Waals surface area contributed by atoms with Crippen LogP contribution in [-0.4, -0.2) is 34.2 Å². The fraction of sp³-hybridized carbons (Fsp3) is 0.542. The van der Waals surface area contributed by atoms with Crippen LogP contribution in [0, 0.1) is 5.92 Å². The lowest BCUT2D eigenvalue weighted by Crippen LogP contribution is -2.24. The molecule has 6 heteroatoms. The Bertz CT molecular complexity index is 684. The first-order valence-electron chi connectivity index (χ1n) is 10.8. The van der Waals surface area contributed by atoms with Gasteiger partial charge < -0.3 is 14.9 Å². The van der Waals surface area contributed by atoms with Crippen LogP contribution in [0.1, 0.15) is 89.1 Å². The summed E-state index contributed by atoms with van der Waals surface area (Å²) in [5, 5.41) is 17.7. The maximum Gasteiger partial charge on any atom is 0.345 e. The number of esters is 1. The number of aromatic carboxylic acids is 1. The lowest BCUT2D eigenvalue weighted by atomic mass is 9.96. The molecule has 0 amide bonds. The molecule has 0 spiro atoms. The van der Waals surface area contributed by atoms with E-state index in [9.17, 15) is 14.4 Å². The smallest absolute Gasteiger partial charge is 0.345 e. The van der Waals surface area contributed by atoms with Gasteiger partial charge in [-0.3, -0.25) is 0 Å². The Labute approximate surface area is 180 Å². The van der Waals surface area contributed by atoms with Gasteiger partial charge in [0.1, 0.15) is 0 Å². The lowest BCUT2D eigenvalue weighted by molar-refractivity contribution is -0.157. The molecular weight excluding hydrogens is 384 g/mol. The van der Waals surface area contributed by atoms with Crippen LogP contribution in [0.25, 0.3) is 6.08 Å². The monoisotopic (exact) mass is 420 g/mol. The number of benzene rings is 1. The van der Waals surface area contributed by atoms with Crippen molar-refractivity contribution in [3.05, 3.63) is 41.0 Å². The number of cyclic esters (lactones) is 1. The van der Waals surface area contributed by atoms with Gasteiger partial charge in [-0.25, -0.2) is 14.4 Å². The van der Waals surface area contributed by atoms with Crippen LogP contribution in [0.2, 0.25) is 0 Å². The minimum absolute atomic E-state index is 0.137. The molecule has 0 saturated carbocycles. The normalized spacial score (nSPS) is 18.6. The van der Waals surface area contributed by atoms with E-state index in [2.05, 4.69) is 13.8 Å². The Morgan fingerprint density at radius 1 is 0.967 bits per heavy atom. The molecule has 2 atom stereocenters. The van der Waals surface area contributed by atoms with Crippen LogP contribution in [-0.2, 0) is 14.3 Å². The van der Waals surface area contributed by atoms with Gasteiger partial charge >= 0.3 is 17.9 Å². The van der Waals surface area contributed by atoms with Gasteiger partial charge in [-0.2, -0.15) is 0 Å². The second kappa shape index (κ2) is 15.2. The molecule has 2 rings (SSSR count). The maximum atomic E-state index is 11.6. The summed E-state index contributed by atoms with van der Waals surface area (Å²) in [6.07, 6.45) is 8.83. The van der Waals surface area contributed by atoms with Crippen LogP contribution in [0.3, 0.4) is 0 Å². The molecule has 1 aliphatic heterocycles. The van der Waals surface area contributed by atoms with Crippen molar-refractivity contribution in [1.82, 2.24) is 0 Å². The highest BCUT2D eigenvalue weighted by molar-refractivity contribution is 5.99. The van der Waals surface area contributed by atoms with E-state index in [1.165, 1.54) is 56.7 Å². The molecule has 0 radical (unpaired) electrons. The van der Waals surface area contributed by atoms with Crippen LogP contribution < -0.4 is 0 Å². The van der Waals surface area contributed by atoms with Crippen molar-refractivity contribution in [2.24, 2.45) is 5.92 Å². The zero-order chi connectivity index (χ0) is 23.1. The number of unbranched alkanes of at least 4 members (excludes halogenated alkanes) is 5. The largest absolute Gasteiger partial charge is 0.478 e. The third-order valence-corrected chi connectivity index (χ3v) is 4.59. The van der Waals surface area contributed by atoms with Crippen molar-refractivity contribution in [2.75, 3.05) is 0 Å². The number of hydrogen-bond donors (Lipinski definition) is 2. The van der Waals surface area contributed by atoms with Crippen LogP contribution in [0.4, 0.5) is 0 Å². The summed E-state index contributed by atoms with van der Waals surface area (Å²) in [7, 11) is 0. The van der Waals surface area contributed by atoms with Gasteiger partial charge in [0.25, 0.3) is 0 Å². The Morgan fingerprint density at radius 3 is 1.83 bits per heavy atom. The Hall–Kier alpha value is -2.63. The molecule has 0 aliphatic carbocycles. The van der Waals surface area contributed by atoms with Crippen molar-refractivity contribution >= 4 is 24.0 Å². The molecule has 30 heavy (non-hydrogen) atoms. The van der Waals surface area contributed by atoms with Crippen molar-refractivity contribution in [3.8, 4) is 0 Å². The Morgan fingerprint density at radius 2 is 1.47 bits per heavy atom. The molecule has 1 heterocycles. The molecule has 1 aromatic carbocycles. The topological polar surface area (TPSA) is 101 Å². The number of carbonyl (C=O) groups excluding carboxylic acids is 1. The predicted octanol–water partition coefficient (Wildman–Crippen LogP) is 5.81. The van der Waals surface area contributed by atoms with Gasteiger partial charge in [0.05, 0.1) is 5.56 Å². The quantitative estimate of drug-likeness (QED) is 0.313. The van der Waals surface area contributed by atoms with E-state index in [4.69, 9.17) is 14.9 Å². The average Bonchev–Trinajstić information content (AvgIpc) is 3.02. The molecular formula is C24H36O6. The highest BCUT2D eigenvalue weighted by Crippen LogP contribution is 2.29. The third-order valence-electron chi connectivity index (χ3n) is 4.59. The fourth-order valence-corrected chi connectivity index (χ4v) is 2.84. The van der Waals surface area contributed by atoms with Crippen molar-refractivity contribution in [2.45, 2.75) is 79.2 Å². The minimum atomic E-state index is -1.18. The van der Waals surface area contributed by atoms with Crippen LogP contribution in [0.15, 0.2) is 29.8 Å². The van der Waals surface area contributed by atoms with E-state index >= 15 is 0 Å². The molecule has 2 unspecified atom stereocenters. The molecule has 6 nitrogen and oxygen atoms in total. The van der Waals surface area contributed by atoms with Gasteiger partial charge in [-0.05, 0) is 23.8 Å². The van der Waals surface area contributed by atoms with Crippen molar-refractivity contribution in [3.63, 3.8) is 0 Å². The first-order chi connectivity index (χ1) is 14.3. The number of aliphatic carboxylic acids is 1. The van der Waals surface area contributed by atoms with Gasteiger partial charge in [-0.1, -0.05) is 85.3 Å². The Balaban J connectivity index is 0.000000712. The van der Waals surface area contributed by atoms with E-state index in [0.29, 0.717) is 5.56 Å². The number of carbonyl (C=O) groups is 3. The highest BCUT2D eigenvalue weighted by Gasteiger charge is 2.41. The van der Waals surface area contributed by atoms with E-state index < -0.39 is 29.9 Å². The summed E-state index contributed by atoms with van der Waals surface area (Å²) in [5.74, 6) is -3.44. The van der Waals surface area contributed by atoms with Crippen LogP contribution >= 0.6 is 0 Å². The third kappa shape index (κ3) is 9.25. The zero-order valence-electron chi connectivity index (χ0n) is 18.8. The molecule has 1 saturated heterocycles. The van der Waals surface area contributed by atoms with Gasteiger partial charge in [-0.15, -0.1) is 0 Å². The summed E-state index contributed by atoms with van der Waals surface area (Å²) >= 11 is 0. The van der Waals surface area contributed by atoms with Gasteiger partial charge in [0.15, 0.2) is 0 Å². The summed E-state index contributed by atoms with van der Waals surface area (Å²) < 4.78 is 4.78. The standard InChI is InChI=1S/C14H12O6.C8H18.C2H6/c1-7-10(14(19)20-11(7)13(17)18)6-8-2-4-9(5-3-8)12(15)16;1-3-5-7-8-6-4-2;1-2/h2-7,11H,1H3,(H,15,16)(H,17,18);3-8H2,1-2H3;1-2H3/b10-6-;;. The number of rotatable bonds is 8. The fourth-order valence-electron chi connectivity index (χ4n) is 2.84. The number of carboxylic acids is 2. The van der Waals surface area contributed by atoms with Gasteiger partial charge in [0.2, 0.25) is 6.10 Å². The van der Waals surface area contributed by atoms with E-state index in [1.54, 1.807) is 19.1 Å². The molecule has 168 valence electrons. The molecule has 0 aromatic heterocycles. The highest BCUT2D eigenvalue weighted by atomic mass is 16.6. The predicted molar refractivity (Wildman–Crippen MR) is 118 cm³/mol. The van der Waals surface area contributed by atoms with E-state index in [-0.39, 0.29) is 11.1 Å². The SMILES string of the molecule is CC.CC1/C(=C/c2ccc(C(=O)O)cc2)C(=O)OC1C(=O)O.CCCCCCCC.